The van der Waals surface area contributed by atoms with Crippen molar-refractivity contribution >= 4 is 11.8 Å². The molecule has 18 heavy (non-hydrogen) atoms. The molecule has 1 atom stereocenters. The minimum absolute atomic E-state index is 0.0113. The van der Waals surface area contributed by atoms with E-state index in [4.69, 9.17) is 4.74 Å². The Morgan fingerprint density at radius 3 is 2.50 bits per heavy atom. The molecule has 1 aliphatic rings. The second kappa shape index (κ2) is 4.98. The number of nitrogens with zero attached hydrogens (tertiary/aromatic N) is 1. The van der Waals surface area contributed by atoms with Crippen molar-refractivity contribution in [3.05, 3.63) is 28.8 Å². The molecule has 0 saturated carbocycles. The summed E-state index contributed by atoms with van der Waals surface area (Å²) in [5.41, 5.74) is 4.20. The molecule has 0 bridgehead atoms. The minimum Gasteiger partial charge on any atom is -0.449 e. The fraction of sp³-hybridized carbons (Fsp3) is 0.500. The van der Waals surface area contributed by atoms with Gasteiger partial charge in [0.05, 0.1) is 18.9 Å². The smallest absolute Gasteiger partial charge is 0.414 e. The second-order valence-electron chi connectivity index (χ2n) is 4.98. The van der Waals surface area contributed by atoms with Gasteiger partial charge in [-0.2, -0.15) is 0 Å². The maximum Gasteiger partial charge on any atom is 0.414 e. The average molecular weight is 249 g/mol. The number of cyclic esters (lactones) is 1. The molecule has 1 saturated heterocycles. The molecule has 1 amide bonds. The van der Waals surface area contributed by atoms with Crippen molar-refractivity contribution in [1.82, 2.24) is 0 Å². The van der Waals surface area contributed by atoms with Gasteiger partial charge < -0.3 is 9.84 Å². The van der Waals surface area contributed by atoms with Crippen molar-refractivity contribution < 1.29 is 14.6 Å². The number of carbonyl (C=O) groups excluding carboxylic acids is 1. The van der Waals surface area contributed by atoms with Crippen molar-refractivity contribution in [2.45, 2.75) is 20.8 Å². The van der Waals surface area contributed by atoms with Gasteiger partial charge in [0.15, 0.2) is 0 Å². The standard InChI is InChI=1S/C14H19NO3/c1-9-4-10(2)13(11(3)5-9)15-6-12(7-16)8-18-14(15)17/h4-5,12,16H,6-8H2,1-3H3. The summed E-state index contributed by atoms with van der Waals surface area (Å²) >= 11 is 0. The van der Waals surface area contributed by atoms with Crippen LogP contribution in [0.15, 0.2) is 12.1 Å². The van der Waals surface area contributed by atoms with Crippen LogP contribution in [0.3, 0.4) is 0 Å². The van der Waals surface area contributed by atoms with E-state index in [1.165, 1.54) is 5.56 Å². The number of anilines is 1. The second-order valence-corrected chi connectivity index (χ2v) is 4.98. The zero-order valence-electron chi connectivity index (χ0n) is 11.1. The summed E-state index contributed by atoms with van der Waals surface area (Å²) in [4.78, 5) is 13.5. The molecule has 1 unspecified atom stereocenters. The fourth-order valence-electron chi connectivity index (χ4n) is 2.54. The molecule has 1 heterocycles. The van der Waals surface area contributed by atoms with Crippen LogP contribution in [-0.4, -0.2) is 31.0 Å². The van der Waals surface area contributed by atoms with Crippen LogP contribution >= 0.6 is 0 Å². The molecule has 1 aliphatic heterocycles. The van der Waals surface area contributed by atoms with Crippen LogP contribution in [0, 0.1) is 26.7 Å². The van der Waals surface area contributed by atoms with E-state index in [-0.39, 0.29) is 18.6 Å². The van der Waals surface area contributed by atoms with E-state index in [1.807, 2.05) is 20.8 Å². The molecule has 1 N–H and O–H groups in total. The van der Waals surface area contributed by atoms with E-state index in [0.717, 1.165) is 16.8 Å². The van der Waals surface area contributed by atoms with Gasteiger partial charge in [-0.1, -0.05) is 17.7 Å². The highest BCUT2D eigenvalue weighted by molar-refractivity contribution is 5.90. The van der Waals surface area contributed by atoms with Gasteiger partial charge in [0.2, 0.25) is 0 Å². The van der Waals surface area contributed by atoms with Gasteiger partial charge in [-0.3, -0.25) is 4.90 Å². The zero-order valence-corrected chi connectivity index (χ0v) is 11.1. The van der Waals surface area contributed by atoms with Crippen molar-refractivity contribution in [2.75, 3.05) is 24.7 Å². The van der Waals surface area contributed by atoms with Crippen molar-refractivity contribution in [2.24, 2.45) is 5.92 Å². The number of ether oxygens (including phenoxy) is 1. The highest BCUT2D eigenvalue weighted by Gasteiger charge is 2.29. The van der Waals surface area contributed by atoms with E-state index in [2.05, 4.69) is 12.1 Å². The quantitative estimate of drug-likeness (QED) is 0.874. The number of hydrogen-bond donors (Lipinski definition) is 1. The van der Waals surface area contributed by atoms with Gasteiger partial charge in [0, 0.05) is 12.5 Å². The highest BCUT2D eigenvalue weighted by Crippen LogP contribution is 2.29. The molecule has 1 fully saturated rings. The molecular weight excluding hydrogens is 230 g/mol. The largest absolute Gasteiger partial charge is 0.449 e. The van der Waals surface area contributed by atoms with Gasteiger partial charge in [0.1, 0.15) is 0 Å². The lowest BCUT2D eigenvalue weighted by Gasteiger charge is -2.33. The van der Waals surface area contributed by atoms with Gasteiger partial charge >= 0.3 is 6.09 Å². The van der Waals surface area contributed by atoms with Crippen LogP contribution in [0.4, 0.5) is 10.5 Å². The summed E-state index contributed by atoms with van der Waals surface area (Å²) in [6.45, 7) is 6.87. The zero-order chi connectivity index (χ0) is 13.3. The average Bonchev–Trinajstić information content (AvgIpc) is 2.30. The third-order valence-electron chi connectivity index (χ3n) is 3.27. The Labute approximate surface area is 107 Å². The van der Waals surface area contributed by atoms with Crippen molar-refractivity contribution in [3.63, 3.8) is 0 Å². The Bertz CT molecular complexity index is 447. The minimum atomic E-state index is -0.324. The van der Waals surface area contributed by atoms with E-state index >= 15 is 0 Å². The summed E-state index contributed by atoms with van der Waals surface area (Å²) < 4.78 is 5.12. The van der Waals surface area contributed by atoms with Crippen LogP contribution in [0.1, 0.15) is 16.7 Å². The summed E-state index contributed by atoms with van der Waals surface area (Å²) in [5, 5.41) is 9.21. The molecule has 2 rings (SSSR count). The number of hydrogen-bond acceptors (Lipinski definition) is 3. The van der Waals surface area contributed by atoms with E-state index in [9.17, 15) is 9.90 Å². The van der Waals surface area contributed by atoms with Crippen LogP contribution in [0.5, 0.6) is 0 Å². The lowest BCUT2D eigenvalue weighted by Crippen LogP contribution is -2.45. The molecule has 98 valence electrons. The fourth-order valence-corrected chi connectivity index (χ4v) is 2.54. The normalized spacial score (nSPS) is 19.9. The third kappa shape index (κ3) is 2.34. The number of amides is 1. The molecule has 0 aliphatic carbocycles. The predicted molar refractivity (Wildman–Crippen MR) is 69.9 cm³/mol. The van der Waals surface area contributed by atoms with Gasteiger partial charge in [-0.05, 0) is 31.9 Å². The van der Waals surface area contributed by atoms with Gasteiger partial charge in [-0.15, -0.1) is 0 Å². The maximum atomic E-state index is 11.9. The predicted octanol–water partition coefficient (Wildman–Crippen LogP) is 2.18. The lowest BCUT2D eigenvalue weighted by atomic mass is 10.0. The molecule has 0 aromatic heterocycles. The number of carbonyl (C=O) groups is 1. The Morgan fingerprint density at radius 2 is 1.94 bits per heavy atom. The molecule has 0 spiro atoms. The maximum absolute atomic E-state index is 11.9. The Hall–Kier alpha value is -1.55. The third-order valence-corrected chi connectivity index (χ3v) is 3.27. The van der Waals surface area contributed by atoms with Crippen molar-refractivity contribution in [1.29, 1.82) is 0 Å². The van der Waals surface area contributed by atoms with Crippen LogP contribution in [0.25, 0.3) is 0 Å². The number of benzene rings is 1. The first kappa shape index (κ1) is 12.9. The molecule has 1 aromatic carbocycles. The highest BCUT2D eigenvalue weighted by atomic mass is 16.6. The number of aryl methyl sites for hydroxylation is 3. The van der Waals surface area contributed by atoms with E-state index in [1.54, 1.807) is 4.90 Å². The Kier molecular flexibility index (Phi) is 3.57. The Morgan fingerprint density at radius 1 is 1.33 bits per heavy atom. The number of rotatable bonds is 2. The van der Waals surface area contributed by atoms with Gasteiger partial charge in [0.25, 0.3) is 0 Å². The first-order valence-corrected chi connectivity index (χ1v) is 6.16. The molecule has 4 heteroatoms. The molecule has 1 aromatic rings. The van der Waals surface area contributed by atoms with Crippen LogP contribution < -0.4 is 4.90 Å². The van der Waals surface area contributed by atoms with E-state index in [0.29, 0.717) is 13.2 Å². The monoisotopic (exact) mass is 249 g/mol. The van der Waals surface area contributed by atoms with Gasteiger partial charge in [-0.25, -0.2) is 4.79 Å². The Balaban J connectivity index is 2.37. The topological polar surface area (TPSA) is 49.8 Å². The summed E-state index contributed by atoms with van der Waals surface area (Å²) in [7, 11) is 0. The molecule has 0 radical (unpaired) electrons. The first-order valence-electron chi connectivity index (χ1n) is 6.16. The first-order chi connectivity index (χ1) is 8.52. The summed E-state index contributed by atoms with van der Waals surface area (Å²) in [5.74, 6) is -0.0113. The van der Waals surface area contributed by atoms with Crippen LogP contribution in [-0.2, 0) is 4.74 Å². The molecular formula is C14H19NO3. The number of aliphatic hydroxyl groups is 1. The lowest BCUT2D eigenvalue weighted by molar-refractivity contribution is 0.0899. The SMILES string of the molecule is Cc1cc(C)c(N2CC(CO)COC2=O)c(C)c1. The van der Waals surface area contributed by atoms with Crippen LogP contribution in [0.2, 0.25) is 0 Å². The van der Waals surface area contributed by atoms with E-state index < -0.39 is 0 Å². The molecule has 4 nitrogen and oxygen atoms in total. The summed E-state index contributed by atoms with van der Waals surface area (Å²) in [6, 6.07) is 4.11. The summed E-state index contributed by atoms with van der Waals surface area (Å²) in [6.07, 6.45) is -0.324. The number of aliphatic hydroxyl groups excluding tert-OH is 1. The van der Waals surface area contributed by atoms with Crippen molar-refractivity contribution in [3.8, 4) is 0 Å².